The van der Waals surface area contributed by atoms with E-state index in [1.807, 2.05) is 0 Å². The summed E-state index contributed by atoms with van der Waals surface area (Å²) in [6.45, 7) is 0. The maximum Gasteiger partial charge on any atom is 0.263 e. The van der Waals surface area contributed by atoms with Gasteiger partial charge in [0, 0.05) is 18.0 Å². The van der Waals surface area contributed by atoms with Crippen molar-refractivity contribution in [1.82, 2.24) is 15.0 Å². The summed E-state index contributed by atoms with van der Waals surface area (Å²) in [5.41, 5.74) is 5.74. The van der Waals surface area contributed by atoms with Crippen LogP contribution in [0.5, 0.6) is 0 Å². The third-order valence-electron chi connectivity index (χ3n) is 1.59. The van der Waals surface area contributed by atoms with E-state index in [1.54, 1.807) is 0 Å². The van der Waals surface area contributed by atoms with Crippen LogP contribution in [0.15, 0.2) is 44.7 Å². The number of nitrogens with zero attached hydrogens (tertiary/aromatic N) is 4. The highest BCUT2D eigenvalue weighted by Gasteiger charge is 2.07. The zero-order valence-corrected chi connectivity index (χ0v) is 8.76. The van der Waals surface area contributed by atoms with Crippen LogP contribution in [0.4, 0.5) is 0 Å². The van der Waals surface area contributed by atoms with Crippen molar-refractivity contribution in [2.75, 3.05) is 0 Å². The van der Waals surface area contributed by atoms with Crippen LogP contribution in [-0.2, 0) is 0 Å². The van der Waals surface area contributed by atoms with E-state index in [-0.39, 0.29) is 5.84 Å². The lowest BCUT2D eigenvalue weighted by Crippen LogP contribution is -2.15. The van der Waals surface area contributed by atoms with Gasteiger partial charge in [-0.05, 0) is 6.07 Å². The smallest absolute Gasteiger partial charge is 0.263 e. The minimum absolute atomic E-state index is 0.0725. The summed E-state index contributed by atoms with van der Waals surface area (Å²) in [6.07, 6.45) is 4.48. The highest BCUT2D eigenvalue weighted by molar-refractivity contribution is 7.98. The molecule has 2 aromatic rings. The fourth-order valence-electron chi connectivity index (χ4n) is 0.923. The molecule has 0 spiro atoms. The molecule has 82 valence electrons. The van der Waals surface area contributed by atoms with Crippen molar-refractivity contribution in [1.29, 1.82) is 0 Å². The lowest BCUT2D eigenvalue weighted by molar-refractivity contribution is 0.318. The Morgan fingerprint density at radius 2 is 2.31 bits per heavy atom. The predicted molar refractivity (Wildman–Crippen MR) is 55.2 cm³/mol. The van der Waals surface area contributed by atoms with Gasteiger partial charge in [0.15, 0.2) is 11.0 Å². The Morgan fingerprint density at radius 3 is 3.00 bits per heavy atom. The zero-order valence-electron chi connectivity index (χ0n) is 7.94. The second-order valence-corrected chi connectivity index (χ2v) is 3.53. The molecule has 0 aliphatic carbocycles. The van der Waals surface area contributed by atoms with Crippen molar-refractivity contribution < 1.29 is 9.62 Å². The van der Waals surface area contributed by atoms with Crippen LogP contribution in [0, 0.1) is 0 Å². The van der Waals surface area contributed by atoms with Crippen molar-refractivity contribution in [2.45, 2.75) is 10.4 Å². The molecule has 0 aromatic carbocycles. The largest absolute Gasteiger partial charge is 0.440 e. The summed E-state index contributed by atoms with van der Waals surface area (Å²) in [4.78, 5) is 12.0. The van der Waals surface area contributed by atoms with E-state index in [4.69, 9.17) is 15.4 Å². The summed E-state index contributed by atoms with van der Waals surface area (Å²) in [5.74, 6) is -0.0725. The molecule has 0 atom stereocenters. The van der Waals surface area contributed by atoms with Crippen molar-refractivity contribution in [3.05, 3.63) is 30.4 Å². The monoisotopic (exact) mass is 237 g/mol. The van der Waals surface area contributed by atoms with Gasteiger partial charge in [0.05, 0.1) is 6.20 Å². The van der Waals surface area contributed by atoms with Gasteiger partial charge in [-0.15, -0.1) is 0 Å². The molecule has 0 saturated carbocycles. The molecule has 0 amide bonds. The first-order chi connectivity index (χ1) is 7.79. The summed E-state index contributed by atoms with van der Waals surface area (Å²) >= 11 is 1.14. The molecule has 7 nitrogen and oxygen atoms in total. The van der Waals surface area contributed by atoms with Crippen LogP contribution in [-0.4, -0.2) is 26.0 Å². The lowest BCUT2D eigenvalue weighted by atomic mass is 10.4. The number of oxime groups is 1. The van der Waals surface area contributed by atoms with Gasteiger partial charge in [0.1, 0.15) is 12.0 Å². The van der Waals surface area contributed by atoms with Crippen LogP contribution in [0.25, 0.3) is 0 Å². The lowest BCUT2D eigenvalue weighted by Gasteiger charge is -1.99. The number of hydrogen-bond donors (Lipinski definition) is 2. The summed E-state index contributed by atoms with van der Waals surface area (Å²) < 4.78 is 5.03. The van der Waals surface area contributed by atoms with E-state index in [1.165, 1.54) is 24.7 Å². The standard InChI is InChI=1S/C8H7N5O2S/c9-6(13-14)5-1-2-10-7(12-5)16-8-11-3-4-15-8/h1-4,14H,(H2,9,13). The fraction of sp³-hybridized carbons (Fsp3) is 0. The van der Waals surface area contributed by atoms with Crippen LogP contribution in [0.1, 0.15) is 5.69 Å². The van der Waals surface area contributed by atoms with E-state index < -0.39 is 0 Å². The van der Waals surface area contributed by atoms with Gasteiger partial charge in [-0.3, -0.25) is 0 Å². The van der Waals surface area contributed by atoms with E-state index in [0.29, 0.717) is 16.1 Å². The number of amidine groups is 1. The third-order valence-corrected chi connectivity index (χ3v) is 2.35. The van der Waals surface area contributed by atoms with Gasteiger partial charge >= 0.3 is 0 Å². The molecule has 8 heteroatoms. The molecule has 2 heterocycles. The Labute approximate surface area is 94.4 Å². The van der Waals surface area contributed by atoms with Gasteiger partial charge in [-0.25, -0.2) is 15.0 Å². The van der Waals surface area contributed by atoms with E-state index in [2.05, 4.69) is 20.1 Å². The molecule has 0 unspecified atom stereocenters. The zero-order chi connectivity index (χ0) is 11.4. The molecule has 0 fully saturated rings. The molecule has 16 heavy (non-hydrogen) atoms. The second-order valence-electron chi connectivity index (χ2n) is 2.61. The first-order valence-electron chi connectivity index (χ1n) is 4.18. The predicted octanol–water partition coefficient (Wildman–Crippen LogP) is 0.710. The van der Waals surface area contributed by atoms with Crippen molar-refractivity contribution in [2.24, 2.45) is 10.9 Å². The average Bonchev–Trinajstić information content (AvgIpc) is 2.81. The van der Waals surface area contributed by atoms with Gasteiger partial charge < -0.3 is 15.4 Å². The number of aromatic nitrogens is 3. The van der Waals surface area contributed by atoms with E-state index in [0.717, 1.165) is 11.8 Å². The summed E-state index contributed by atoms with van der Waals surface area (Å²) in [5, 5.41) is 12.2. The first-order valence-corrected chi connectivity index (χ1v) is 4.99. The number of oxazole rings is 1. The molecule has 3 N–H and O–H groups in total. The van der Waals surface area contributed by atoms with Crippen LogP contribution < -0.4 is 5.73 Å². The molecule has 0 saturated heterocycles. The molecule has 0 bridgehead atoms. The number of hydrogen-bond acceptors (Lipinski definition) is 7. The molecule has 0 aliphatic heterocycles. The van der Waals surface area contributed by atoms with Crippen molar-refractivity contribution >= 4 is 17.6 Å². The Hall–Kier alpha value is -2.09. The molecule has 2 rings (SSSR count). The van der Waals surface area contributed by atoms with Gasteiger partial charge in [-0.2, -0.15) is 0 Å². The molecular formula is C8H7N5O2S. The van der Waals surface area contributed by atoms with E-state index in [9.17, 15) is 0 Å². The Morgan fingerprint density at radius 1 is 1.44 bits per heavy atom. The Balaban J connectivity index is 2.23. The van der Waals surface area contributed by atoms with E-state index >= 15 is 0 Å². The van der Waals surface area contributed by atoms with Gasteiger partial charge in [0.25, 0.3) is 5.22 Å². The molecule has 0 radical (unpaired) electrons. The highest BCUT2D eigenvalue weighted by atomic mass is 32.2. The van der Waals surface area contributed by atoms with Gasteiger partial charge in [0.2, 0.25) is 0 Å². The minimum Gasteiger partial charge on any atom is -0.440 e. The van der Waals surface area contributed by atoms with Crippen molar-refractivity contribution in [3.8, 4) is 0 Å². The quantitative estimate of drug-likeness (QED) is 0.266. The maximum atomic E-state index is 8.50. The third kappa shape index (κ3) is 2.28. The molecule has 0 aliphatic rings. The van der Waals surface area contributed by atoms with Crippen molar-refractivity contribution in [3.63, 3.8) is 0 Å². The summed E-state index contributed by atoms with van der Waals surface area (Å²) in [7, 11) is 0. The first kappa shape index (κ1) is 10.4. The van der Waals surface area contributed by atoms with Crippen LogP contribution >= 0.6 is 11.8 Å². The maximum absolute atomic E-state index is 8.50. The Kier molecular flexibility index (Phi) is 3.01. The minimum atomic E-state index is -0.0725. The molecular weight excluding hydrogens is 230 g/mol. The number of rotatable bonds is 3. The normalized spacial score (nSPS) is 11.6. The summed E-state index contributed by atoms with van der Waals surface area (Å²) in [6, 6.07) is 1.54. The highest BCUT2D eigenvalue weighted by Crippen LogP contribution is 2.21. The molecule has 2 aromatic heterocycles. The SMILES string of the molecule is N/C(=N/O)c1ccnc(Sc2ncco2)n1. The van der Waals surface area contributed by atoms with Crippen LogP contribution in [0.3, 0.4) is 0 Å². The Bertz CT molecular complexity index is 499. The fourth-order valence-corrected chi connectivity index (χ4v) is 1.55. The van der Waals surface area contributed by atoms with Crippen LogP contribution in [0.2, 0.25) is 0 Å². The van der Waals surface area contributed by atoms with Gasteiger partial charge in [-0.1, -0.05) is 5.16 Å². The number of nitrogens with two attached hydrogens (primary N) is 1. The average molecular weight is 237 g/mol. The topological polar surface area (TPSA) is 110 Å². The second kappa shape index (κ2) is 4.62.